The van der Waals surface area contributed by atoms with Gasteiger partial charge in [-0.2, -0.15) is 0 Å². The molecule has 3 aliphatic carbocycles. The second-order valence-electron chi connectivity index (χ2n) is 16.2. The minimum Gasteiger partial charge on any atom is -0.310 e. The predicted molar refractivity (Wildman–Crippen MR) is 242 cm³/mol. The third-order valence-electron chi connectivity index (χ3n) is 13.3. The molecule has 3 aliphatic rings. The van der Waals surface area contributed by atoms with Crippen LogP contribution in [0, 0.1) is 0 Å². The van der Waals surface area contributed by atoms with Crippen LogP contribution in [-0.2, 0) is 18.3 Å². The Labute approximate surface area is 340 Å². The van der Waals surface area contributed by atoms with E-state index in [1.54, 1.807) is 0 Å². The van der Waals surface area contributed by atoms with Crippen molar-refractivity contribution >= 4 is 27.8 Å². The van der Waals surface area contributed by atoms with Crippen molar-refractivity contribution in [1.82, 2.24) is 0 Å². The number of hydrogen-bond acceptors (Lipinski definition) is 1. The van der Waals surface area contributed by atoms with Crippen molar-refractivity contribution in [2.75, 3.05) is 4.90 Å². The Morgan fingerprint density at radius 2 is 0.914 bits per heavy atom. The second-order valence-corrected chi connectivity index (χ2v) is 16.2. The summed E-state index contributed by atoms with van der Waals surface area (Å²) >= 11 is 0. The Hall–Kier alpha value is -6.96. The summed E-state index contributed by atoms with van der Waals surface area (Å²) in [5.41, 5.74) is 21.8. The molecule has 0 atom stereocenters. The zero-order valence-electron chi connectivity index (χ0n) is 32.3. The highest BCUT2D eigenvalue weighted by molar-refractivity contribution is 6.01. The maximum atomic E-state index is 2.55. The van der Waals surface area contributed by atoms with Crippen LogP contribution in [-0.4, -0.2) is 0 Å². The van der Waals surface area contributed by atoms with Crippen molar-refractivity contribution in [3.63, 3.8) is 0 Å². The summed E-state index contributed by atoms with van der Waals surface area (Å²) in [5, 5.41) is 2.46. The Morgan fingerprint density at radius 3 is 1.62 bits per heavy atom. The molecule has 0 aromatic heterocycles. The maximum absolute atomic E-state index is 2.55. The largest absolute Gasteiger partial charge is 0.310 e. The molecule has 0 amide bonds. The molecular formula is C57H41N. The lowest BCUT2D eigenvalue weighted by Gasteiger charge is -2.33. The van der Waals surface area contributed by atoms with E-state index in [1.165, 1.54) is 114 Å². The van der Waals surface area contributed by atoms with Crippen molar-refractivity contribution < 1.29 is 0 Å². The summed E-state index contributed by atoms with van der Waals surface area (Å²) in [5.74, 6) is 0. The first-order valence-corrected chi connectivity index (χ1v) is 20.8. The van der Waals surface area contributed by atoms with Crippen LogP contribution in [0.1, 0.15) is 46.2 Å². The van der Waals surface area contributed by atoms with Gasteiger partial charge in [0.05, 0.1) is 11.1 Å². The van der Waals surface area contributed by atoms with Gasteiger partial charge in [0, 0.05) is 16.9 Å². The number of benzene rings is 9. The van der Waals surface area contributed by atoms with Gasteiger partial charge in [0.1, 0.15) is 0 Å². The van der Waals surface area contributed by atoms with E-state index in [-0.39, 0.29) is 0 Å². The fraction of sp³-hybridized carbons (Fsp3) is 0.0877. The average Bonchev–Trinajstić information content (AvgIpc) is 3.76. The Balaban J connectivity index is 1.15. The first kappa shape index (κ1) is 33.2. The molecule has 12 rings (SSSR count). The van der Waals surface area contributed by atoms with Gasteiger partial charge in [-0.3, -0.25) is 0 Å². The summed E-state index contributed by atoms with van der Waals surface area (Å²) in [4.78, 5) is 2.49. The molecule has 0 saturated heterocycles. The zero-order valence-corrected chi connectivity index (χ0v) is 32.3. The summed E-state index contributed by atoms with van der Waals surface area (Å²) in [6.45, 7) is 0. The molecule has 9 aromatic rings. The van der Waals surface area contributed by atoms with Crippen LogP contribution in [0.3, 0.4) is 0 Å². The summed E-state index contributed by atoms with van der Waals surface area (Å²) in [6, 6.07) is 75.3. The number of anilines is 3. The number of nitrogens with zero attached hydrogens (tertiary/aromatic N) is 1. The summed E-state index contributed by atoms with van der Waals surface area (Å²) < 4.78 is 0. The standard InChI is InChI=1S/C57H41N/c1-2-19-43(20-3-1)58(44-34-33-38-15-4-5-17-42(38)35-44)56-37-55-51(36-50(56)41-31-29-40(30-32-41)46-25-14-18-39-16-6-7-21-45(39)46)49-24-10-13-28-54(49)57(55)52-26-11-8-22-47(52)48-23-9-12-27-53(48)57/h1-5,8-15,17-20,22-37H,6-7,16,21H2. The number of aryl methyl sites for hydroxylation is 1. The lowest BCUT2D eigenvalue weighted by atomic mass is 9.70. The average molecular weight is 740 g/mol. The lowest BCUT2D eigenvalue weighted by molar-refractivity contribution is 0.687. The first-order valence-electron chi connectivity index (χ1n) is 20.8. The van der Waals surface area contributed by atoms with Gasteiger partial charge in [0.25, 0.3) is 0 Å². The van der Waals surface area contributed by atoms with Gasteiger partial charge in [-0.1, -0.05) is 164 Å². The van der Waals surface area contributed by atoms with Gasteiger partial charge in [-0.25, -0.2) is 0 Å². The molecular weight excluding hydrogens is 699 g/mol. The molecule has 0 saturated carbocycles. The first-order chi connectivity index (χ1) is 28.8. The van der Waals surface area contributed by atoms with E-state index < -0.39 is 5.41 Å². The monoisotopic (exact) mass is 739 g/mol. The molecule has 1 nitrogen and oxygen atoms in total. The van der Waals surface area contributed by atoms with Crippen LogP contribution in [0.15, 0.2) is 200 Å². The van der Waals surface area contributed by atoms with E-state index in [9.17, 15) is 0 Å². The molecule has 0 heterocycles. The van der Waals surface area contributed by atoms with Crippen molar-refractivity contribution in [3.05, 3.63) is 234 Å². The Bertz CT molecular complexity index is 3020. The highest BCUT2D eigenvalue weighted by Crippen LogP contribution is 2.64. The number of fused-ring (bicyclic) bond motifs is 12. The van der Waals surface area contributed by atoms with Gasteiger partial charge < -0.3 is 4.90 Å². The number of para-hydroxylation sites is 1. The van der Waals surface area contributed by atoms with E-state index in [2.05, 4.69) is 205 Å². The van der Waals surface area contributed by atoms with Crippen LogP contribution in [0.2, 0.25) is 0 Å². The third kappa shape index (κ3) is 4.83. The fourth-order valence-corrected chi connectivity index (χ4v) is 10.7. The highest BCUT2D eigenvalue weighted by Gasteiger charge is 2.52. The van der Waals surface area contributed by atoms with E-state index in [1.807, 2.05) is 0 Å². The Kier molecular flexibility index (Phi) is 7.47. The van der Waals surface area contributed by atoms with Crippen molar-refractivity contribution in [3.8, 4) is 44.5 Å². The smallest absolute Gasteiger partial charge is 0.0726 e. The van der Waals surface area contributed by atoms with E-state index in [0.29, 0.717) is 0 Å². The quantitative estimate of drug-likeness (QED) is 0.170. The van der Waals surface area contributed by atoms with Gasteiger partial charge in [0.2, 0.25) is 0 Å². The zero-order chi connectivity index (χ0) is 38.2. The summed E-state index contributed by atoms with van der Waals surface area (Å²) in [7, 11) is 0. The van der Waals surface area contributed by atoms with E-state index in [0.717, 1.165) is 17.8 Å². The molecule has 0 N–H and O–H groups in total. The van der Waals surface area contributed by atoms with Gasteiger partial charge in [-0.05, 0) is 145 Å². The third-order valence-corrected chi connectivity index (χ3v) is 13.3. The number of rotatable bonds is 5. The molecule has 58 heavy (non-hydrogen) atoms. The lowest BCUT2D eigenvalue weighted by Crippen LogP contribution is -2.26. The molecule has 0 aliphatic heterocycles. The van der Waals surface area contributed by atoms with Gasteiger partial charge >= 0.3 is 0 Å². The van der Waals surface area contributed by atoms with Crippen molar-refractivity contribution in [2.45, 2.75) is 31.1 Å². The SMILES string of the molecule is c1ccc(N(c2ccc3ccccc3c2)c2cc3c(cc2-c2ccc(-c4cccc5c4CCCC5)cc2)-c2ccccc2C32c3ccccc3-c3ccccc32)cc1. The van der Waals surface area contributed by atoms with Crippen molar-refractivity contribution in [1.29, 1.82) is 0 Å². The molecule has 1 heteroatoms. The maximum Gasteiger partial charge on any atom is 0.0726 e. The molecule has 1 spiro atoms. The number of hydrogen-bond donors (Lipinski definition) is 0. The summed E-state index contributed by atoms with van der Waals surface area (Å²) in [6.07, 6.45) is 4.89. The topological polar surface area (TPSA) is 3.24 Å². The van der Waals surface area contributed by atoms with Crippen LogP contribution in [0.5, 0.6) is 0 Å². The van der Waals surface area contributed by atoms with Crippen LogP contribution in [0.4, 0.5) is 17.1 Å². The van der Waals surface area contributed by atoms with Crippen molar-refractivity contribution in [2.24, 2.45) is 0 Å². The molecule has 0 unspecified atom stereocenters. The normalized spacial score (nSPS) is 14.1. The van der Waals surface area contributed by atoms with Crippen LogP contribution < -0.4 is 4.90 Å². The second kappa shape index (κ2) is 13.0. The van der Waals surface area contributed by atoms with E-state index in [4.69, 9.17) is 0 Å². The van der Waals surface area contributed by atoms with Crippen LogP contribution >= 0.6 is 0 Å². The highest BCUT2D eigenvalue weighted by atomic mass is 15.1. The van der Waals surface area contributed by atoms with E-state index >= 15 is 0 Å². The minimum absolute atomic E-state index is 0.450. The molecule has 0 fully saturated rings. The van der Waals surface area contributed by atoms with Crippen LogP contribution in [0.25, 0.3) is 55.3 Å². The molecule has 0 radical (unpaired) electrons. The molecule has 0 bridgehead atoms. The minimum atomic E-state index is -0.450. The Morgan fingerprint density at radius 1 is 0.345 bits per heavy atom. The predicted octanol–water partition coefficient (Wildman–Crippen LogP) is 14.9. The van der Waals surface area contributed by atoms with Gasteiger partial charge in [-0.15, -0.1) is 0 Å². The van der Waals surface area contributed by atoms with Gasteiger partial charge in [0.15, 0.2) is 0 Å². The molecule has 9 aromatic carbocycles. The fourth-order valence-electron chi connectivity index (χ4n) is 10.7. The molecule has 274 valence electrons.